The van der Waals surface area contributed by atoms with Crippen LogP contribution in [0.2, 0.25) is 0 Å². The van der Waals surface area contributed by atoms with Gasteiger partial charge in [0.2, 0.25) is 10.0 Å². The maximum absolute atomic E-state index is 12.6. The van der Waals surface area contributed by atoms with E-state index in [1.54, 1.807) is 4.90 Å². The maximum Gasteiger partial charge on any atom is 0.407 e. The molecule has 1 aromatic carbocycles. The molecule has 136 valence electrons. The number of nitrogens with zero attached hydrogens (tertiary/aromatic N) is 2. The van der Waals surface area contributed by atoms with Crippen LogP contribution in [0.1, 0.15) is 23.2 Å². The smallest absolute Gasteiger partial charge is 0.407 e. The van der Waals surface area contributed by atoms with Crippen LogP contribution in [0.3, 0.4) is 0 Å². The van der Waals surface area contributed by atoms with Crippen LogP contribution in [0, 0.1) is 0 Å². The summed E-state index contributed by atoms with van der Waals surface area (Å²) in [5.41, 5.74) is -0.0625. The van der Waals surface area contributed by atoms with Crippen LogP contribution < -0.4 is 5.32 Å². The van der Waals surface area contributed by atoms with E-state index in [4.69, 9.17) is 4.74 Å². The van der Waals surface area contributed by atoms with Gasteiger partial charge in [0.25, 0.3) is 5.91 Å². The maximum atomic E-state index is 12.6. The lowest BCUT2D eigenvalue weighted by Gasteiger charge is -2.37. The summed E-state index contributed by atoms with van der Waals surface area (Å²) in [6.07, 6.45) is 0.771. The Balaban J connectivity index is 1.67. The third-order valence-electron chi connectivity index (χ3n) is 4.71. The van der Waals surface area contributed by atoms with Crippen molar-refractivity contribution in [3.05, 3.63) is 29.8 Å². The van der Waals surface area contributed by atoms with Gasteiger partial charge in [-0.1, -0.05) is 0 Å². The van der Waals surface area contributed by atoms with Crippen molar-refractivity contribution in [1.82, 2.24) is 14.5 Å². The van der Waals surface area contributed by atoms with Crippen LogP contribution in [0.5, 0.6) is 0 Å². The van der Waals surface area contributed by atoms with E-state index in [0.717, 1.165) is 4.31 Å². The third kappa shape index (κ3) is 3.34. The average Bonchev–Trinajstić information content (AvgIpc) is 2.95. The Labute approximate surface area is 146 Å². The van der Waals surface area contributed by atoms with Crippen LogP contribution in [0.15, 0.2) is 29.2 Å². The number of amides is 2. The molecule has 8 nitrogen and oxygen atoms in total. The molecule has 1 spiro atoms. The van der Waals surface area contributed by atoms with Gasteiger partial charge in [-0.2, -0.15) is 0 Å². The lowest BCUT2D eigenvalue weighted by atomic mass is 9.91. The molecule has 2 heterocycles. The quantitative estimate of drug-likeness (QED) is 0.846. The number of hydrogen-bond donors (Lipinski definition) is 1. The van der Waals surface area contributed by atoms with Crippen molar-refractivity contribution in [3.63, 3.8) is 0 Å². The van der Waals surface area contributed by atoms with Gasteiger partial charge in [-0.05, 0) is 24.3 Å². The molecule has 0 saturated carbocycles. The summed E-state index contributed by atoms with van der Waals surface area (Å²) in [4.78, 5) is 25.7. The number of sulfonamides is 1. The van der Waals surface area contributed by atoms with Crippen molar-refractivity contribution in [2.45, 2.75) is 23.3 Å². The molecule has 0 radical (unpaired) electrons. The minimum Gasteiger partial charge on any atom is -0.441 e. The fraction of sp³-hybridized carbons (Fsp3) is 0.500. The number of carbonyl (C=O) groups is 2. The average molecular weight is 367 g/mol. The lowest BCUT2D eigenvalue weighted by Crippen LogP contribution is -2.48. The van der Waals surface area contributed by atoms with Crippen molar-refractivity contribution in [3.8, 4) is 0 Å². The number of alkyl carbamates (subject to hydrolysis) is 1. The zero-order valence-electron chi connectivity index (χ0n) is 14.2. The normalized spacial score (nSPS) is 19.8. The number of carbonyl (C=O) groups excluding carboxylic acids is 2. The number of rotatable bonds is 3. The summed E-state index contributed by atoms with van der Waals surface area (Å²) in [6, 6.07) is 5.94. The highest BCUT2D eigenvalue weighted by Crippen LogP contribution is 2.30. The second-order valence-electron chi connectivity index (χ2n) is 6.53. The highest BCUT2D eigenvalue weighted by molar-refractivity contribution is 7.89. The summed E-state index contributed by atoms with van der Waals surface area (Å²) in [7, 11) is -0.590. The highest BCUT2D eigenvalue weighted by atomic mass is 32.2. The molecule has 0 aromatic heterocycles. The monoisotopic (exact) mass is 367 g/mol. The first-order valence-electron chi connectivity index (χ1n) is 8.02. The van der Waals surface area contributed by atoms with Crippen molar-refractivity contribution in [2.24, 2.45) is 0 Å². The molecule has 0 bridgehead atoms. The fourth-order valence-electron chi connectivity index (χ4n) is 3.06. The molecular formula is C16H21N3O5S. The van der Waals surface area contributed by atoms with E-state index < -0.39 is 21.7 Å². The van der Waals surface area contributed by atoms with E-state index in [1.807, 2.05) is 0 Å². The molecule has 0 aliphatic carbocycles. The zero-order chi connectivity index (χ0) is 18.2. The second-order valence-corrected chi connectivity index (χ2v) is 8.68. The Morgan fingerprint density at radius 1 is 1.20 bits per heavy atom. The highest BCUT2D eigenvalue weighted by Gasteiger charge is 2.43. The van der Waals surface area contributed by atoms with Gasteiger partial charge in [0.1, 0.15) is 5.60 Å². The van der Waals surface area contributed by atoms with E-state index in [-0.39, 0.29) is 10.8 Å². The second kappa shape index (κ2) is 6.30. The fourth-order valence-corrected chi connectivity index (χ4v) is 3.96. The zero-order valence-corrected chi connectivity index (χ0v) is 15.0. The van der Waals surface area contributed by atoms with E-state index in [2.05, 4.69) is 5.32 Å². The van der Waals surface area contributed by atoms with Crippen molar-refractivity contribution in [1.29, 1.82) is 0 Å². The Morgan fingerprint density at radius 3 is 2.28 bits per heavy atom. The first-order chi connectivity index (χ1) is 11.7. The van der Waals surface area contributed by atoms with Gasteiger partial charge in [-0.15, -0.1) is 0 Å². The Hall–Kier alpha value is -2.13. The molecular weight excluding hydrogens is 346 g/mol. The van der Waals surface area contributed by atoms with Gasteiger partial charge in [0.15, 0.2) is 0 Å². The number of benzene rings is 1. The van der Waals surface area contributed by atoms with E-state index >= 15 is 0 Å². The van der Waals surface area contributed by atoms with Crippen LogP contribution >= 0.6 is 0 Å². The summed E-state index contributed by atoms with van der Waals surface area (Å²) in [6.45, 7) is 1.46. The molecule has 0 unspecified atom stereocenters. The Kier molecular flexibility index (Phi) is 4.46. The van der Waals surface area contributed by atoms with Crippen LogP contribution in [0.4, 0.5) is 4.79 Å². The Bertz CT molecular complexity index is 780. The van der Waals surface area contributed by atoms with Gasteiger partial charge in [-0.25, -0.2) is 17.5 Å². The Morgan fingerprint density at radius 2 is 1.80 bits per heavy atom. The molecule has 2 fully saturated rings. The van der Waals surface area contributed by atoms with E-state index in [9.17, 15) is 18.0 Å². The number of likely N-dealkylation sites (tertiary alicyclic amines) is 1. The minimum absolute atomic E-state index is 0.149. The number of hydrogen-bond acceptors (Lipinski definition) is 5. The predicted octanol–water partition coefficient (Wildman–Crippen LogP) is 0.651. The largest absolute Gasteiger partial charge is 0.441 e. The number of piperidine rings is 1. The van der Waals surface area contributed by atoms with Crippen molar-refractivity contribution >= 4 is 22.0 Å². The SMILES string of the molecule is CN(C)S(=O)(=O)c1ccc(C(=O)N2CCC3(CC2)CNC(=O)O3)cc1. The summed E-state index contributed by atoms with van der Waals surface area (Å²) < 4.78 is 30.6. The first kappa shape index (κ1) is 17.7. The molecule has 2 aliphatic rings. The van der Waals surface area contributed by atoms with Crippen LogP contribution in [0.25, 0.3) is 0 Å². The molecule has 2 saturated heterocycles. The van der Waals surface area contributed by atoms with E-state index in [0.29, 0.717) is 38.0 Å². The molecule has 2 aliphatic heterocycles. The lowest BCUT2D eigenvalue weighted by molar-refractivity contribution is 0.00330. The predicted molar refractivity (Wildman–Crippen MR) is 89.7 cm³/mol. The van der Waals surface area contributed by atoms with Gasteiger partial charge < -0.3 is 15.0 Å². The van der Waals surface area contributed by atoms with Gasteiger partial charge in [-0.3, -0.25) is 4.79 Å². The third-order valence-corrected chi connectivity index (χ3v) is 6.54. The van der Waals surface area contributed by atoms with Gasteiger partial charge in [0, 0.05) is 45.6 Å². The van der Waals surface area contributed by atoms with Crippen LogP contribution in [-0.2, 0) is 14.8 Å². The van der Waals surface area contributed by atoms with Crippen LogP contribution in [-0.4, -0.2) is 69.0 Å². The first-order valence-corrected chi connectivity index (χ1v) is 9.46. The molecule has 9 heteroatoms. The molecule has 2 amide bonds. The van der Waals surface area contributed by atoms with Gasteiger partial charge >= 0.3 is 6.09 Å². The van der Waals surface area contributed by atoms with Gasteiger partial charge in [0.05, 0.1) is 11.4 Å². The molecule has 1 aromatic rings. The summed E-state index contributed by atoms with van der Waals surface area (Å²) >= 11 is 0. The topological polar surface area (TPSA) is 96.0 Å². The molecule has 1 N–H and O–H groups in total. The minimum atomic E-state index is -3.51. The van der Waals surface area contributed by atoms with Crippen molar-refractivity contribution < 1.29 is 22.7 Å². The summed E-state index contributed by atoms with van der Waals surface area (Å²) in [5, 5.41) is 2.66. The van der Waals surface area contributed by atoms with E-state index in [1.165, 1.54) is 38.4 Å². The number of nitrogens with one attached hydrogen (secondary N) is 1. The standard InChI is InChI=1S/C16H21N3O5S/c1-18(2)25(22,23)13-5-3-12(4-6-13)14(20)19-9-7-16(8-10-19)11-17-15(21)24-16/h3-6H,7-11H2,1-2H3,(H,17,21). The van der Waals surface area contributed by atoms with Crippen molar-refractivity contribution in [2.75, 3.05) is 33.7 Å². The summed E-state index contributed by atoms with van der Waals surface area (Å²) in [5.74, 6) is -0.152. The molecule has 3 rings (SSSR count). The number of ether oxygens (including phenoxy) is 1. The molecule has 25 heavy (non-hydrogen) atoms. The molecule has 0 atom stereocenters.